The van der Waals surface area contributed by atoms with Crippen LogP contribution in [0.25, 0.3) is 0 Å². The lowest BCUT2D eigenvalue weighted by atomic mass is 9.96. The molecule has 138 valence electrons. The quantitative estimate of drug-likeness (QED) is 0.384. The van der Waals surface area contributed by atoms with Crippen molar-refractivity contribution in [1.82, 2.24) is 0 Å². The van der Waals surface area contributed by atoms with Gasteiger partial charge in [0.05, 0.1) is 29.3 Å². The number of amides is 1. The number of carbonyl (C=O) groups excluding carboxylic acids is 2. The molecule has 2 aromatic carbocycles. The topological polar surface area (TPSA) is 116 Å². The summed E-state index contributed by atoms with van der Waals surface area (Å²) in [5, 5.41) is 11.2. The maximum atomic E-state index is 12.8. The average Bonchev–Trinajstić information content (AvgIpc) is 2.93. The number of Topliss-reactive ketones (excluding diaryl/α,β-unsaturated/α-hetero) is 1. The standard InChI is InChI=1S/C19H17N3O5/c1-11(20)16-17(12-6-5-7-13(10-12)22(25)26)21(19(24)18(16)23)14-8-3-4-9-15(14)27-2/h3-10,17H,20H2,1-2H3/b16-11+/t17-/m0/s1. The Labute approximate surface area is 155 Å². The Morgan fingerprint density at radius 3 is 2.52 bits per heavy atom. The maximum Gasteiger partial charge on any atom is 0.300 e. The number of hydrogen-bond acceptors (Lipinski definition) is 6. The predicted molar refractivity (Wildman–Crippen MR) is 98.2 cm³/mol. The third kappa shape index (κ3) is 3.01. The van der Waals surface area contributed by atoms with Crippen molar-refractivity contribution in [2.45, 2.75) is 13.0 Å². The molecule has 1 heterocycles. The smallest absolute Gasteiger partial charge is 0.300 e. The Morgan fingerprint density at radius 1 is 1.19 bits per heavy atom. The monoisotopic (exact) mass is 367 g/mol. The van der Waals surface area contributed by atoms with Gasteiger partial charge in [-0.25, -0.2) is 0 Å². The molecule has 8 heteroatoms. The Bertz CT molecular complexity index is 979. The highest BCUT2D eigenvalue weighted by Crippen LogP contribution is 2.43. The van der Waals surface area contributed by atoms with Crippen molar-refractivity contribution in [2.75, 3.05) is 12.0 Å². The van der Waals surface area contributed by atoms with Crippen molar-refractivity contribution in [3.8, 4) is 5.75 Å². The molecule has 1 aliphatic rings. The normalized spacial score (nSPS) is 18.6. The lowest BCUT2D eigenvalue weighted by Crippen LogP contribution is -2.29. The number of ether oxygens (including phenoxy) is 1. The molecule has 3 rings (SSSR count). The predicted octanol–water partition coefficient (Wildman–Crippen LogP) is 2.49. The number of nitro benzene ring substituents is 1. The van der Waals surface area contributed by atoms with Crippen LogP contribution in [0.15, 0.2) is 59.8 Å². The zero-order valence-corrected chi connectivity index (χ0v) is 14.7. The lowest BCUT2D eigenvalue weighted by Gasteiger charge is -2.26. The molecular weight excluding hydrogens is 350 g/mol. The zero-order valence-electron chi connectivity index (χ0n) is 14.7. The van der Waals surface area contributed by atoms with E-state index < -0.39 is 22.7 Å². The second kappa shape index (κ2) is 6.91. The van der Waals surface area contributed by atoms with Crippen molar-refractivity contribution in [1.29, 1.82) is 0 Å². The number of hydrogen-bond donors (Lipinski definition) is 1. The second-order valence-electron chi connectivity index (χ2n) is 6.03. The second-order valence-corrected chi connectivity index (χ2v) is 6.03. The highest BCUT2D eigenvalue weighted by molar-refractivity contribution is 6.51. The molecule has 1 aliphatic heterocycles. The van der Waals surface area contributed by atoms with Crippen molar-refractivity contribution in [3.05, 3.63) is 75.5 Å². The van der Waals surface area contributed by atoms with Crippen LogP contribution in [-0.2, 0) is 9.59 Å². The summed E-state index contributed by atoms with van der Waals surface area (Å²) in [6.45, 7) is 1.52. The number of non-ortho nitro benzene ring substituents is 1. The largest absolute Gasteiger partial charge is 0.495 e. The molecule has 1 amide bonds. The number of carbonyl (C=O) groups is 2. The van der Waals surface area contributed by atoms with Gasteiger partial charge in [0.1, 0.15) is 5.75 Å². The van der Waals surface area contributed by atoms with E-state index in [1.807, 2.05) is 0 Å². The van der Waals surface area contributed by atoms with E-state index in [-0.39, 0.29) is 17.0 Å². The fraction of sp³-hybridized carbons (Fsp3) is 0.158. The number of allylic oxidation sites excluding steroid dienone is 1. The van der Waals surface area contributed by atoms with Crippen LogP contribution < -0.4 is 15.4 Å². The summed E-state index contributed by atoms with van der Waals surface area (Å²) in [7, 11) is 1.45. The molecule has 0 saturated carbocycles. The van der Waals surface area contributed by atoms with Gasteiger partial charge < -0.3 is 10.5 Å². The van der Waals surface area contributed by atoms with Gasteiger partial charge in [0.25, 0.3) is 17.4 Å². The minimum atomic E-state index is -0.883. The van der Waals surface area contributed by atoms with Crippen LogP contribution in [0, 0.1) is 10.1 Å². The molecule has 1 saturated heterocycles. The fourth-order valence-electron chi connectivity index (χ4n) is 3.19. The van der Waals surface area contributed by atoms with Gasteiger partial charge >= 0.3 is 0 Å². The summed E-state index contributed by atoms with van der Waals surface area (Å²) >= 11 is 0. The van der Waals surface area contributed by atoms with E-state index in [1.54, 1.807) is 30.3 Å². The Hall–Kier alpha value is -3.68. The van der Waals surface area contributed by atoms with E-state index in [2.05, 4.69) is 0 Å². The molecule has 0 bridgehead atoms. The van der Waals surface area contributed by atoms with Gasteiger partial charge in [0, 0.05) is 17.8 Å². The van der Waals surface area contributed by atoms with Gasteiger partial charge in [-0.15, -0.1) is 0 Å². The van der Waals surface area contributed by atoms with Crippen LogP contribution in [0.5, 0.6) is 5.75 Å². The number of nitrogens with two attached hydrogens (primary N) is 1. The summed E-state index contributed by atoms with van der Waals surface area (Å²) in [5.74, 6) is -1.11. The molecule has 0 aromatic heterocycles. The third-order valence-electron chi connectivity index (χ3n) is 4.36. The molecule has 8 nitrogen and oxygen atoms in total. The highest BCUT2D eigenvalue weighted by Gasteiger charge is 2.46. The Morgan fingerprint density at radius 2 is 1.89 bits per heavy atom. The van der Waals surface area contributed by atoms with E-state index in [9.17, 15) is 19.7 Å². The van der Waals surface area contributed by atoms with Crippen molar-refractivity contribution in [2.24, 2.45) is 5.73 Å². The van der Waals surface area contributed by atoms with Crippen LogP contribution in [0.4, 0.5) is 11.4 Å². The van der Waals surface area contributed by atoms with E-state index in [0.717, 1.165) is 0 Å². The van der Waals surface area contributed by atoms with Gasteiger partial charge in [-0.1, -0.05) is 24.3 Å². The number of nitrogens with zero attached hydrogens (tertiary/aromatic N) is 2. The zero-order chi connectivity index (χ0) is 19.7. The third-order valence-corrected chi connectivity index (χ3v) is 4.36. The molecule has 0 spiro atoms. The van der Waals surface area contributed by atoms with E-state index >= 15 is 0 Å². The van der Waals surface area contributed by atoms with Crippen molar-refractivity contribution >= 4 is 23.1 Å². The maximum absolute atomic E-state index is 12.8. The molecule has 1 atom stereocenters. The summed E-state index contributed by atoms with van der Waals surface area (Å²) in [5.41, 5.74) is 6.83. The summed E-state index contributed by atoms with van der Waals surface area (Å²) < 4.78 is 5.32. The van der Waals surface area contributed by atoms with E-state index in [0.29, 0.717) is 17.0 Å². The number of nitro groups is 1. The molecule has 2 N–H and O–H groups in total. The van der Waals surface area contributed by atoms with Crippen LogP contribution in [0.3, 0.4) is 0 Å². The highest BCUT2D eigenvalue weighted by atomic mass is 16.6. The van der Waals surface area contributed by atoms with Gasteiger partial charge in [-0.2, -0.15) is 0 Å². The van der Waals surface area contributed by atoms with Gasteiger partial charge in [-0.05, 0) is 24.6 Å². The molecule has 27 heavy (non-hydrogen) atoms. The van der Waals surface area contributed by atoms with E-state index in [1.165, 1.54) is 37.1 Å². The number of para-hydroxylation sites is 2. The fourth-order valence-corrected chi connectivity index (χ4v) is 3.19. The van der Waals surface area contributed by atoms with E-state index in [4.69, 9.17) is 10.5 Å². The minimum absolute atomic E-state index is 0.103. The molecule has 0 unspecified atom stereocenters. The molecule has 2 aromatic rings. The van der Waals surface area contributed by atoms with Crippen molar-refractivity contribution in [3.63, 3.8) is 0 Å². The first-order valence-corrected chi connectivity index (χ1v) is 8.08. The Balaban J connectivity index is 2.26. The van der Waals surface area contributed by atoms with Crippen LogP contribution in [0.2, 0.25) is 0 Å². The van der Waals surface area contributed by atoms with Crippen LogP contribution in [0.1, 0.15) is 18.5 Å². The average molecular weight is 367 g/mol. The van der Waals surface area contributed by atoms with Gasteiger partial charge in [-0.3, -0.25) is 24.6 Å². The van der Waals surface area contributed by atoms with Gasteiger partial charge in [0.2, 0.25) is 0 Å². The Kier molecular flexibility index (Phi) is 4.64. The summed E-state index contributed by atoms with van der Waals surface area (Å²) in [4.78, 5) is 37.3. The summed E-state index contributed by atoms with van der Waals surface area (Å²) in [6.07, 6.45) is 0. The van der Waals surface area contributed by atoms with Crippen LogP contribution in [-0.4, -0.2) is 23.7 Å². The number of anilines is 1. The molecule has 1 fully saturated rings. The first-order valence-electron chi connectivity index (χ1n) is 8.08. The first kappa shape index (κ1) is 18.1. The molecular formula is C19H17N3O5. The molecule has 0 aliphatic carbocycles. The molecule has 0 radical (unpaired) electrons. The SMILES string of the molecule is COc1ccccc1N1C(=O)C(=O)/C(=C(\C)N)[C@@H]1c1cccc([N+](=O)[O-])c1. The number of benzene rings is 2. The summed E-state index contributed by atoms with van der Waals surface area (Å²) in [6, 6.07) is 11.7. The van der Waals surface area contributed by atoms with Crippen LogP contribution >= 0.6 is 0 Å². The van der Waals surface area contributed by atoms with Crippen molar-refractivity contribution < 1.29 is 19.2 Å². The number of ketones is 1. The first-order chi connectivity index (χ1) is 12.9. The number of methoxy groups -OCH3 is 1. The lowest BCUT2D eigenvalue weighted by molar-refractivity contribution is -0.384. The van der Waals surface area contributed by atoms with Gasteiger partial charge in [0.15, 0.2) is 0 Å². The number of rotatable bonds is 4. The minimum Gasteiger partial charge on any atom is -0.495 e.